The number of hydrogen-bond acceptors (Lipinski definition) is 2. The number of aromatic amines is 2. The van der Waals surface area contributed by atoms with E-state index in [1.165, 1.54) is 0 Å². The molecule has 1 aromatic heterocycles. The summed E-state index contributed by atoms with van der Waals surface area (Å²) in [4.78, 5) is 26.5. The maximum atomic E-state index is 11.0. The van der Waals surface area contributed by atoms with Crippen molar-refractivity contribution in [3.05, 3.63) is 44.8 Å². The van der Waals surface area contributed by atoms with E-state index >= 15 is 0 Å². The number of rotatable bonds is 2. The van der Waals surface area contributed by atoms with Gasteiger partial charge in [0.1, 0.15) is 0 Å². The Morgan fingerprint density at radius 3 is 2.67 bits per heavy atom. The van der Waals surface area contributed by atoms with Crippen molar-refractivity contribution in [2.24, 2.45) is 0 Å². The smallest absolute Gasteiger partial charge is 0.311 e. The standard InChI is InChI=1S/C8H10N2O2/c1-3-4-6-5(2)7(11)10-8(12)9-6/h3H,1,4H2,2H3,(H2,9,10,11,12). The molecule has 0 aromatic carbocycles. The molecule has 0 saturated heterocycles. The number of allylic oxidation sites excluding steroid dienone is 1. The quantitative estimate of drug-likeness (QED) is 0.612. The Labute approximate surface area is 69.0 Å². The van der Waals surface area contributed by atoms with Crippen molar-refractivity contribution in [1.29, 1.82) is 0 Å². The molecule has 0 aliphatic rings. The molecule has 1 heterocycles. The molecule has 0 radical (unpaired) electrons. The van der Waals surface area contributed by atoms with E-state index in [9.17, 15) is 9.59 Å². The minimum atomic E-state index is -0.470. The van der Waals surface area contributed by atoms with Crippen molar-refractivity contribution >= 4 is 0 Å². The molecule has 4 nitrogen and oxygen atoms in total. The average Bonchev–Trinajstić information content (AvgIpc) is 2.00. The molecule has 0 spiro atoms. The summed E-state index contributed by atoms with van der Waals surface area (Å²) in [6, 6.07) is 0. The van der Waals surface area contributed by atoms with Crippen LogP contribution in [0.4, 0.5) is 0 Å². The first-order valence-corrected chi connectivity index (χ1v) is 3.58. The van der Waals surface area contributed by atoms with Crippen LogP contribution in [-0.4, -0.2) is 9.97 Å². The van der Waals surface area contributed by atoms with Crippen LogP contribution in [0, 0.1) is 6.92 Å². The van der Waals surface area contributed by atoms with Crippen molar-refractivity contribution in [2.45, 2.75) is 13.3 Å². The topological polar surface area (TPSA) is 65.7 Å². The molecule has 0 fully saturated rings. The van der Waals surface area contributed by atoms with Gasteiger partial charge in [-0.25, -0.2) is 4.79 Å². The van der Waals surface area contributed by atoms with E-state index < -0.39 is 5.69 Å². The Bertz CT molecular complexity index is 400. The fourth-order valence-electron chi connectivity index (χ4n) is 0.944. The molecule has 0 bridgehead atoms. The molecule has 2 N–H and O–H groups in total. The van der Waals surface area contributed by atoms with Gasteiger partial charge in [-0.1, -0.05) is 6.08 Å². The zero-order valence-electron chi connectivity index (χ0n) is 6.81. The summed E-state index contributed by atoms with van der Waals surface area (Å²) < 4.78 is 0. The molecule has 4 heteroatoms. The summed E-state index contributed by atoms with van der Waals surface area (Å²) in [6.45, 7) is 5.18. The average molecular weight is 166 g/mol. The molecule has 1 aromatic rings. The Morgan fingerprint density at radius 2 is 2.08 bits per heavy atom. The van der Waals surface area contributed by atoms with Crippen molar-refractivity contribution in [3.8, 4) is 0 Å². The van der Waals surface area contributed by atoms with Crippen LogP contribution in [0.25, 0.3) is 0 Å². The molecule has 64 valence electrons. The molecular weight excluding hydrogens is 156 g/mol. The summed E-state index contributed by atoms with van der Waals surface area (Å²) in [5.41, 5.74) is 0.353. The fourth-order valence-corrected chi connectivity index (χ4v) is 0.944. The van der Waals surface area contributed by atoms with Crippen LogP contribution in [0.2, 0.25) is 0 Å². The Hall–Kier alpha value is -1.58. The molecule has 0 saturated carbocycles. The first-order valence-electron chi connectivity index (χ1n) is 3.58. The van der Waals surface area contributed by atoms with Crippen molar-refractivity contribution in [3.63, 3.8) is 0 Å². The maximum Gasteiger partial charge on any atom is 0.325 e. The largest absolute Gasteiger partial charge is 0.325 e. The molecule has 1 rings (SSSR count). The van der Waals surface area contributed by atoms with Crippen molar-refractivity contribution < 1.29 is 0 Å². The van der Waals surface area contributed by atoms with Gasteiger partial charge in [-0.15, -0.1) is 6.58 Å². The number of nitrogens with one attached hydrogen (secondary N) is 2. The lowest BCUT2D eigenvalue weighted by Gasteiger charge is -1.98. The van der Waals surface area contributed by atoms with E-state index in [1.54, 1.807) is 13.0 Å². The number of H-pyrrole nitrogens is 2. The van der Waals surface area contributed by atoms with Crippen molar-refractivity contribution in [1.82, 2.24) is 9.97 Å². The SMILES string of the molecule is C=CCc1[nH]c(=O)[nH]c(=O)c1C. The van der Waals surface area contributed by atoms with E-state index in [2.05, 4.69) is 16.5 Å². The lowest BCUT2D eigenvalue weighted by atomic mass is 10.2. The molecule has 0 amide bonds. The van der Waals surface area contributed by atoms with Crippen molar-refractivity contribution in [2.75, 3.05) is 0 Å². The maximum absolute atomic E-state index is 11.0. The molecule has 0 aliphatic heterocycles. The molecule has 0 atom stereocenters. The van der Waals surface area contributed by atoms with E-state index in [0.717, 1.165) is 0 Å². The van der Waals surface area contributed by atoms with Gasteiger partial charge >= 0.3 is 5.69 Å². The third-order valence-corrected chi connectivity index (χ3v) is 1.63. The third kappa shape index (κ3) is 1.53. The minimum Gasteiger partial charge on any atom is -0.311 e. The molecule has 12 heavy (non-hydrogen) atoms. The lowest BCUT2D eigenvalue weighted by Crippen LogP contribution is -2.26. The van der Waals surface area contributed by atoms with E-state index in [0.29, 0.717) is 17.7 Å². The lowest BCUT2D eigenvalue weighted by molar-refractivity contribution is 0.935. The molecule has 0 aliphatic carbocycles. The first kappa shape index (κ1) is 8.52. The van der Waals surface area contributed by atoms with Gasteiger partial charge in [-0.05, 0) is 6.92 Å². The van der Waals surface area contributed by atoms with Crippen LogP contribution in [-0.2, 0) is 6.42 Å². The van der Waals surface area contributed by atoms with Crippen LogP contribution >= 0.6 is 0 Å². The highest BCUT2D eigenvalue weighted by Gasteiger charge is 2.01. The van der Waals surface area contributed by atoms with Gasteiger partial charge < -0.3 is 4.98 Å². The van der Waals surface area contributed by atoms with Crippen LogP contribution in [0.1, 0.15) is 11.3 Å². The second-order valence-corrected chi connectivity index (χ2v) is 2.50. The van der Waals surface area contributed by atoms with Crippen LogP contribution in [0.5, 0.6) is 0 Å². The van der Waals surface area contributed by atoms with Gasteiger partial charge in [0.25, 0.3) is 5.56 Å². The Kier molecular flexibility index (Phi) is 2.28. The van der Waals surface area contributed by atoms with E-state index in [1.807, 2.05) is 0 Å². The minimum absolute atomic E-state index is 0.337. The fraction of sp³-hybridized carbons (Fsp3) is 0.250. The van der Waals surface area contributed by atoms with Gasteiger partial charge in [0.2, 0.25) is 0 Å². The van der Waals surface area contributed by atoms with Crippen LogP contribution < -0.4 is 11.2 Å². The van der Waals surface area contributed by atoms with Gasteiger partial charge in [0.05, 0.1) is 0 Å². The highest BCUT2D eigenvalue weighted by Crippen LogP contribution is 1.95. The molecular formula is C8H10N2O2. The third-order valence-electron chi connectivity index (χ3n) is 1.63. The van der Waals surface area contributed by atoms with E-state index in [-0.39, 0.29) is 5.56 Å². The van der Waals surface area contributed by atoms with Gasteiger partial charge in [-0.2, -0.15) is 0 Å². The normalized spacial score (nSPS) is 9.75. The molecule has 0 unspecified atom stereocenters. The zero-order valence-corrected chi connectivity index (χ0v) is 6.81. The summed E-state index contributed by atoms with van der Waals surface area (Å²) in [6.07, 6.45) is 2.14. The van der Waals surface area contributed by atoms with Crippen LogP contribution in [0.15, 0.2) is 22.2 Å². The number of hydrogen-bond donors (Lipinski definition) is 2. The highest BCUT2D eigenvalue weighted by atomic mass is 16.2. The highest BCUT2D eigenvalue weighted by molar-refractivity contribution is 5.15. The monoisotopic (exact) mass is 166 g/mol. The summed E-state index contributed by atoms with van der Waals surface area (Å²) >= 11 is 0. The number of aromatic nitrogens is 2. The van der Waals surface area contributed by atoms with Gasteiger partial charge in [0.15, 0.2) is 0 Å². The zero-order chi connectivity index (χ0) is 9.14. The summed E-state index contributed by atoms with van der Waals surface area (Å²) in [7, 11) is 0. The Balaban J connectivity index is 3.37. The van der Waals surface area contributed by atoms with Crippen LogP contribution in [0.3, 0.4) is 0 Å². The predicted octanol–water partition coefficient (Wildman–Crippen LogP) is 0.100. The summed E-state index contributed by atoms with van der Waals surface area (Å²) in [5, 5.41) is 0. The Morgan fingerprint density at radius 1 is 1.42 bits per heavy atom. The second kappa shape index (κ2) is 3.21. The summed E-state index contributed by atoms with van der Waals surface area (Å²) in [5.74, 6) is 0. The predicted molar refractivity (Wildman–Crippen MR) is 46.3 cm³/mol. The first-order chi connectivity index (χ1) is 5.65. The van der Waals surface area contributed by atoms with E-state index in [4.69, 9.17) is 0 Å². The van der Waals surface area contributed by atoms with Gasteiger partial charge in [0, 0.05) is 17.7 Å². The van der Waals surface area contributed by atoms with Gasteiger partial charge in [-0.3, -0.25) is 9.78 Å². The second-order valence-electron chi connectivity index (χ2n) is 2.50.